The maximum absolute atomic E-state index is 3.44. The molecular weight excluding hydrogens is 134 g/mol. The Balaban J connectivity index is 0. The van der Waals surface area contributed by atoms with Crippen molar-refractivity contribution in [2.24, 2.45) is 11.8 Å². The van der Waals surface area contributed by atoms with E-state index in [4.69, 9.17) is 0 Å². The summed E-state index contributed by atoms with van der Waals surface area (Å²) in [7, 11) is 0. The number of rotatable bonds is 6. The van der Waals surface area contributed by atoms with Crippen LogP contribution in [0.4, 0.5) is 0 Å². The van der Waals surface area contributed by atoms with E-state index in [1.165, 1.54) is 19.4 Å². The summed E-state index contributed by atoms with van der Waals surface area (Å²) >= 11 is 0. The molecule has 0 aliphatic rings. The average Bonchev–Trinajstić information content (AvgIpc) is 1.85. The van der Waals surface area contributed by atoms with Crippen LogP contribution in [0.5, 0.6) is 0 Å². The highest BCUT2D eigenvalue weighted by atomic mass is 14.8. The second-order valence-electron chi connectivity index (χ2n) is 4.13. The van der Waals surface area contributed by atoms with Gasteiger partial charge in [-0.2, -0.15) is 0 Å². The van der Waals surface area contributed by atoms with E-state index < -0.39 is 0 Å². The summed E-state index contributed by atoms with van der Waals surface area (Å²) < 4.78 is 0. The molecule has 0 atom stereocenters. The van der Waals surface area contributed by atoms with E-state index in [1.54, 1.807) is 0 Å². The van der Waals surface area contributed by atoms with Crippen molar-refractivity contribution < 1.29 is 1.43 Å². The van der Waals surface area contributed by atoms with Crippen LogP contribution in [-0.2, 0) is 0 Å². The molecule has 0 aliphatic heterocycles. The molecule has 0 heterocycles. The normalized spacial score (nSPS) is 11.5. The van der Waals surface area contributed by atoms with Gasteiger partial charge in [-0.05, 0) is 37.8 Å². The molecule has 0 aliphatic carbocycles. The molecule has 0 aromatic carbocycles. The van der Waals surface area contributed by atoms with E-state index >= 15 is 0 Å². The van der Waals surface area contributed by atoms with Gasteiger partial charge in [0, 0.05) is 1.43 Å². The van der Waals surface area contributed by atoms with Crippen molar-refractivity contribution in [1.29, 1.82) is 0 Å². The van der Waals surface area contributed by atoms with Gasteiger partial charge in [-0.25, -0.2) is 0 Å². The topological polar surface area (TPSA) is 12.0 Å². The van der Waals surface area contributed by atoms with Crippen LogP contribution in [0.3, 0.4) is 0 Å². The molecule has 1 N–H and O–H groups in total. The van der Waals surface area contributed by atoms with Crippen LogP contribution < -0.4 is 5.32 Å². The first-order valence-electron chi connectivity index (χ1n) is 4.83. The van der Waals surface area contributed by atoms with E-state index in [0.717, 1.165) is 18.4 Å². The van der Waals surface area contributed by atoms with Gasteiger partial charge in [-0.15, -0.1) is 0 Å². The van der Waals surface area contributed by atoms with E-state index in [1.807, 2.05) is 0 Å². The monoisotopic (exact) mass is 159 g/mol. The average molecular weight is 159 g/mol. The number of hydrogen-bond acceptors (Lipinski definition) is 1. The smallest absolute Gasteiger partial charge is 0 e. The minimum atomic E-state index is 0. The number of hydrogen-bond donors (Lipinski definition) is 1. The maximum atomic E-state index is 3.44. The molecular formula is C10H25N. The molecule has 0 rings (SSSR count). The minimum Gasteiger partial charge on any atom is -0.316 e. The molecule has 0 amide bonds. The molecule has 70 valence electrons. The van der Waals surface area contributed by atoms with Gasteiger partial charge >= 0.3 is 0 Å². The Hall–Kier alpha value is -0.0400. The quantitative estimate of drug-likeness (QED) is 0.588. The Labute approximate surface area is 73.1 Å². The third-order valence-corrected chi connectivity index (χ3v) is 1.69. The van der Waals surface area contributed by atoms with Crippen molar-refractivity contribution >= 4 is 0 Å². The molecule has 0 saturated carbocycles. The molecule has 0 spiro atoms. The Morgan fingerprint density at radius 2 is 1.73 bits per heavy atom. The van der Waals surface area contributed by atoms with Crippen LogP contribution in [0.2, 0.25) is 0 Å². The minimum absolute atomic E-state index is 0. The standard InChI is InChI=1S/C10H23N.H2/c1-9(2)6-5-7-11-8-10(3)4;/h9-11H,5-8H2,1-4H3;1H. The van der Waals surface area contributed by atoms with Crippen LogP contribution in [0.15, 0.2) is 0 Å². The second kappa shape index (κ2) is 6.66. The predicted molar refractivity (Wildman–Crippen MR) is 53.9 cm³/mol. The van der Waals surface area contributed by atoms with Crippen molar-refractivity contribution in [1.82, 2.24) is 5.32 Å². The Morgan fingerprint density at radius 1 is 1.09 bits per heavy atom. The highest BCUT2D eigenvalue weighted by molar-refractivity contribution is 4.52. The van der Waals surface area contributed by atoms with Crippen LogP contribution in [0, 0.1) is 11.8 Å². The van der Waals surface area contributed by atoms with Gasteiger partial charge in [0.25, 0.3) is 0 Å². The van der Waals surface area contributed by atoms with Gasteiger partial charge in [0.15, 0.2) is 0 Å². The lowest BCUT2D eigenvalue weighted by Gasteiger charge is -2.07. The van der Waals surface area contributed by atoms with Gasteiger partial charge in [0.2, 0.25) is 0 Å². The Bertz CT molecular complexity index is 71.9. The first-order chi connectivity index (χ1) is 5.13. The van der Waals surface area contributed by atoms with Crippen molar-refractivity contribution in [3.63, 3.8) is 0 Å². The van der Waals surface area contributed by atoms with Crippen LogP contribution in [-0.4, -0.2) is 13.1 Å². The third kappa shape index (κ3) is 9.96. The van der Waals surface area contributed by atoms with Crippen LogP contribution >= 0.6 is 0 Å². The van der Waals surface area contributed by atoms with Crippen LogP contribution in [0.1, 0.15) is 42.0 Å². The molecule has 0 radical (unpaired) electrons. The van der Waals surface area contributed by atoms with Gasteiger partial charge in [-0.1, -0.05) is 27.7 Å². The predicted octanol–water partition coefficient (Wildman–Crippen LogP) is 2.91. The van der Waals surface area contributed by atoms with Crippen LogP contribution in [0.25, 0.3) is 0 Å². The van der Waals surface area contributed by atoms with E-state index in [9.17, 15) is 0 Å². The van der Waals surface area contributed by atoms with Crippen molar-refractivity contribution in [2.45, 2.75) is 40.5 Å². The summed E-state index contributed by atoms with van der Waals surface area (Å²) in [4.78, 5) is 0. The molecule has 0 saturated heterocycles. The zero-order valence-corrected chi connectivity index (χ0v) is 8.48. The van der Waals surface area contributed by atoms with Crippen molar-refractivity contribution in [2.75, 3.05) is 13.1 Å². The lowest BCUT2D eigenvalue weighted by atomic mass is 10.1. The first kappa shape index (κ1) is 11.0. The third-order valence-electron chi connectivity index (χ3n) is 1.69. The maximum Gasteiger partial charge on any atom is 0 e. The van der Waals surface area contributed by atoms with E-state index in [0.29, 0.717) is 0 Å². The lowest BCUT2D eigenvalue weighted by molar-refractivity contribution is 0.498. The number of nitrogens with one attached hydrogen (secondary N) is 1. The first-order valence-corrected chi connectivity index (χ1v) is 4.83. The van der Waals surface area contributed by atoms with Gasteiger partial charge < -0.3 is 5.32 Å². The van der Waals surface area contributed by atoms with Crippen molar-refractivity contribution in [3.05, 3.63) is 0 Å². The van der Waals surface area contributed by atoms with E-state index in [2.05, 4.69) is 33.0 Å². The summed E-state index contributed by atoms with van der Waals surface area (Å²) in [6.45, 7) is 11.4. The summed E-state index contributed by atoms with van der Waals surface area (Å²) in [5.41, 5.74) is 0. The fourth-order valence-corrected chi connectivity index (χ4v) is 1.03. The van der Waals surface area contributed by atoms with Gasteiger partial charge in [0.1, 0.15) is 0 Å². The molecule has 11 heavy (non-hydrogen) atoms. The van der Waals surface area contributed by atoms with E-state index in [-0.39, 0.29) is 1.43 Å². The lowest BCUT2D eigenvalue weighted by Crippen LogP contribution is -2.20. The fraction of sp³-hybridized carbons (Fsp3) is 1.00. The Morgan fingerprint density at radius 3 is 2.18 bits per heavy atom. The molecule has 0 aromatic heterocycles. The summed E-state index contributed by atoms with van der Waals surface area (Å²) in [6, 6.07) is 0. The van der Waals surface area contributed by atoms with Gasteiger partial charge in [-0.3, -0.25) is 0 Å². The molecule has 1 heteroatoms. The highest BCUT2D eigenvalue weighted by Gasteiger charge is 1.94. The fourth-order valence-electron chi connectivity index (χ4n) is 1.03. The highest BCUT2D eigenvalue weighted by Crippen LogP contribution is 2.01. The molecule has 0 unspecified atom stereocenters. The zero-order valence-electron chi connectivity index (χ0n) is 8.48. The summed E-state index contributed by atoms with van der Waals surface area (Å²) in [5, 5.41) is 3.44. The molecule has 0 aromatic rings. The largest absolute Gasteiger partial charge is 0.316 e. The molecule has 1 nitrogen and oxygen atoms in total. The second-order valence-corrected chi connectivity index (χ2v) is 4.13. The summed E-state index contributed by atoms with van der Waals surface area (Å²) in [5.74, 6) is 1.64. The van der Waals surface area contributed by atoms with Gasteiger partial charge in [0.05, 0.1) is 0 Å². The SMILES string of the molecule is CC(C)CCCNCC(C)C.[HH]. The van der Waals surface area contributed by atoms with Crippen molar-refractivity contribution in [3.8, 4) is 0 Å². The molecule has 0 fully saturated rings. The molecule has 0 bridgehead atoms. The Kier molecular flexibility index (Phi) is 6.63. The zero-order chi connectivity index (χ0) is 8.69. The summed E-state index contributed by atoms with van der Waals surface area (Å²) in [6.07, 6.45) is 2.68.